The summed E-state index contributed by atoms with van der Waals surface area (Å²) in [6.45, 7) is 0. The molecule has 0 amide bonds. The van der Waals surface area contributed by atoms with Gasteiger partial charge in [0.1, 0.15) is 11.3 Å². The Kier molecular flexibility index (Phi) is 2.29. The number of nitrogens with zero attached hydrogens (tertiary/aromatic N) is 2. The summed E-state index contributed by atoms with van der Waals surface area (Å²) in [6, 6.07) is 5.98. The first-order valence-electron chi connectivity index (χ1n) is 4.33. The van der Waals surface area contributed by atoms with Gasteiger partial charge in [0.05, 0.1) is 11.8 Å². The third kappa shape index (κ3) is 1.42. The van der Waals surface area contributed by atoms with Gasteiger partial charge in [0.2, 0.25) is 0 Å². The lowest BCUT2D eigenvalue weighted by Gasteiger charge is -2.04. The molecule has 0 fully saturated rings. The normalized spacial score (nSPS) is 10.5. The first-order valence-corrected chi connectivity index (χ1v) is 5.15. The van der Waals surface area contributed by atoms with Crippen LogP contribution in [0.4, 0.5) is 5.13 Å². The van der Waals surface area contributed by atoms with Crippen LogP contribution in [-0.2, 0) is 0 Å². The number of hydrogen-bond donors (Lipinski definition) is 0. The van der Waals surface area contributed by atoms with Gasteiger partial charge in [-0.1, -0.05) is 17.4 Å². The Balaban J connectivity index is 2.64. The predicted molar refractivity (Wildman–Crippen MR) is 60.5 cm³/mol. The molecule has 0 radical (unpaired) electrons. The van der Waals surface area contributed by atoms with Crippen molar-refractivity contribution in [3.8, 4) is 5.75 Å². The molecule has 1 heterocycles. The summed E-state index contributed by atoms with van der Waals surface area (Å²) in [6.07, 6.45) is 0. The minimum atomic E-state index is 0.840. The number of ether oxygens (including phenoxy) is 1. The molecule has 0 unspecified atom stereocenters. The monoisotopic (exact) mass is 208 g/mol. The molecule has 0 aliphatic carbocycles. The van der Waals surface area contributed by atoms with E-state index in [1.807, 2.05) is 31.1 Å². The van der Waals surface area contributed by atoms with E-state index in [0.29, 0.717) is 0 Å². The number of para-hydroxylation sites is 1. The molecule has 0 saturated carbocycles. The number of methoxy groups -OCH3 is 1. The van der Waals surface area contributed by atoms with E-state index in [2.05, 4.69) is 11.1 Å². The molecule has 0 atom stereocenters. The van der Waals surface area contributed by atoms with E-state index in [1.54, 1.807) is 18.4 Å². The molecule has 0 aliphatic rings. The summed E-state index contributed by atoms with van der Waals surface area (Å²) in [7, 11) is 5.65. The molecule has 74 valence electrons. The number of anilines is 1. The van der Waals surface area contributed by atoms with Crippen molar-refractivity contribution in [2.24, 2.45) is 0 Å². The Morgan fingerprint density at radius 1 is 1.36 bits per heavy atom. The number of benzene rings is 1. The minimum absolute atomic E-state index is 0.840. The highest BCUT2D eigenvalue weighted by Gasteiger charge is 2.08. The first kappa shape index (κ1) is 9.27. The number of thiazole rings is 1. The highest BCUT2D eigenvalue weighted by Crippen LogP contribution is 2.32. The highest BCUT2D eigenvalue weighted by atomic mass is 32.1. The van der Waals surface area contributed by atoms with E-state index in [0.717, 1.165) is 21.1 Å². The Bertz CT molecular complexity index is 450. The standard InChI is InChI=1S/C10H12N2OS/c1-12(2)10-11-9-7(13-3)5-4-6-8(9)14-10/h4-6H,1-3H3. The van der Waals surface area contributed by atoms with Crippen LogP contribution in [0, 0.1) is 0 Å². The summed E-state index contributed by atoms with van der Waals surface area (Å²) in [5.41, 5.74) is 0.948. The van der Waals surface area contributed by atoms with Gasteiger partial charge in [0, 0.05) is 14.1 Å². The summed E-state index contributed by atoms with van der Waals surface area (Å²) >= 11 is 1.67. The van der Waals surface area contributed by atoms with E-state index < -0.39 is 0 Å². The van der Waals surface area contributed by atoms with E-state index in [-0.39, 0.29) is 0 Å². The Hall–Kier alpha value is -1.29. The smallest absolute Gasteiger partial charge is 0.186 e. The lowest BCUT2D eigenvalue weighted by Crippen LogP contribution is -2.07. The van der Waals surface area contributed by atoms with Gasteiger partial charge in [0.25, 0.3) is 0 Å². The third-order valence-electron chi connectivity index (χ3n) is 1.97. The fourth-order valence-electron chi connectivity index (χ4n) is 1.27. The molecule has 4 heteroatoms. The molecule has 1 aromatic heterocycles. The van der Waals surface area contributed by atoms with Crippen molar-refractivity contribution >= 4 is 26.7 Å². The molecule has 0 N–H and O–H groups in total. The Morgan fingerprint density at radius 3 is 2.79 bits per heavy atom. The van der Waals surface area contributed by atoms with E-state index >= 15 is 0 Å². The summed E-state index contributed by atoms with van der Waals surface area (Å²) in [5.74, 6) is 0.840. The van der Waals surface area contributed by atoms with Gasteiger partial charge in [-0.2, -0.15) is 0 Å². The van der Waals surface area contributed by atoms with Gasteiger partial charge in [-0.3, -0.25) is 0 Å². The number of rotatable bonds is 2. The average Bonchev–Trinajstić information content (AvgIpc) is 2.60. The van der Waals surface area contributed by atoms with E-state index in [4.69, 9.17) is 4.74 Å². The molecule has 3 nitrogen and oxygen atoms in total. The van der Waals surface area contributed by atoms with Crippen LogP contribution in [0.15, 0.2) is 18.2 Å². The van der Waals surface area contributed by atoms with Crippen LogP contribution in [0.1, 0.15) is 0 Å². The summed E-state index contributed by atoms with van der Waals surface area (Å²) < 4.78 is 6.41. The number of aromatic nitrogens is 1. The number of hydrogen-bond acceptors (Lipinski definition) is 4. The molecule has 0 saturated heterocycles. The van der Waals surface area contributed by atoms with Crippen molar-refractivity contribution in [2.75, 3.05) is 26.1 Å². The van der Waals surface area contributed by atoms with Gasteiger partial charge in [-0.25, -0.2) is 4.98 Å². The molecule has 2 aromatic rings. The van der Waals surface area contributed by atoms with Crippen LogP contribution >= 0.6 is 11.3 Å². The zero-order valence-corrected chi connectivity index (χ0v) is 9.26. The molecule has 0 aliphatic heterocycles. The van der Waals surface area contributed by atoms with Gasteiger partial charge < -0.3 is 9.64 Å². The average molecular weight is 208 g/mol. The molecular weight excluding hydrogens is 196 g/mol. The molecule has 1 aromatic carbocycles. The van der Waals surface area contributed by atoms with Crippen LogP contribution in [0.3, 0.4) is 0 Å². The maximum absolute atomic E-state index is 5.25. The molecule has 0 bridgehead atoms. The van der Waals surface area contributed by atoms with Crippen molar-refractivity contribution in [3.63, 3.8) is 0 Å². The second-order valence-corrected chi connectivity index (χ2v) is 4.21. The lowest BCUT2D eigenvalue weighted by molar-refractivity contribution is 0.419. The Labute approximate surface area is 86.9 Å². The predicted octanol–water partition coefficient (Wildman–Crippen LogP) is 2.37. The van der Waals surface area contributed by atoms with Gasteiger partial charge >= 0.3 is 0 Å². The van der Waals surface area contributed by atoms with Crippen molar-refractivity contribution in [2.45, 2.75) is 0 Å². The van der Waals surface area contributed by atoms with Crippen molar-refractivity contribution < 1.29 is 4.74 Å². The summed E-state index contributed by atoms with van der Waals surface area (Å²) in [4.78, 5) is 6.51. The topological polar surface area (TPSA) is 25.4 Å². The molecular formula is C10H12N2OS. The van der Waals surface area contributed by atoms with Crippen molar-refractivity contribution in [1.82, 2.24) is 4.98 Å². The van der Waals surface area contributed by atoms with Crippen LogP contribution in [0.25, 0.3) is 10.2 Å². The van der Waals surface area contributed by atoms with Crippen molar-refractivity contribution in [1.29, 1.82) is 0 Å². The second kappa shape index (κ2) is 3.46. The first-order chi connectivity index (χ1) is 6.72. The Morgan fingerprint density at radius 2 is 2.14 bits per heavy atom. The lowest BCUT2D eigenvalue weighted by atomic mass is 10.3. The van der Waals surface area contributed by atoms with Crippen LogP contribution < -0.4 is 9.64 Å². The van der Waals surface area contributed by atoms with E-state index in [9.17, 15) is 0 Å². The van der Waals surface area contributed by atoms with E-state index in [1.165, 1.54) is 0 Å². The molecule has 2 rings (SSSR count). The van der Waals surface area contributed by atoms with Crippen LogP contribution in [-0.4, -0.2) is 26.2 Å². The van der Waals surface area contributed by atoms with Crippen LogP contribution in [0.2, 0.25) is 0 Å². The molecule has 14 heavy (non-hydrogen) atoms. The van der Waals surface area contributed by atoms with Gasteiger partial charge in [0.15, 0.2) is 5.13 Å². The minimum Gasteiger partial charge on any atom is -0.494 e. The number of fused-ring (bicyclic) bond motifs is 1. The highest BCUT2D eigenvalue weighted by molar-refractivity contribution is 7.22. The quantitative estimate of drug-likeness (QED) is 0.757. The van der Waals surface area contributed by atoms with Crippen LogP contribution in [0.5, 0.6) is 5.75 Å². The van der Waals surface area contributed by atoms with Crippen molar-refractivity contribution in [3.05, 3.63) is 18.2 Å². The summed E-state index contributed by atoms with van der Waals surface area (Å²) in [5, 5.41) is 1.00. The third-order valence-corrected chi connectivity index (χ3v) is 3.16. The fourth-order valence-corrected chi connectivity index (χ4v) is 2.17. The largest absolute Gasteiger partial charge is 0.494 e. The molecule has 0 spiro atoms. The maximum Gasteiger partial charge on any atom is 0.186 e. The second-order valence-electron chi connectivity index (χ2n) is 3.20. The maximum atomic E-state index is 5.25. The zero-order valence-electron chi connectivity index (χ0n) is 8.44. The SMILES string of the molecule is COc1cccc2sc(N(C)C)nc12. The van der Waals surface area contributed by atoms with Gasteiger partial charge in [-0.15, -0.1) is 0 Å². The fraction of sp³-hybridized carbons (Fsp3) is 0.300. The van der Waals surface area contributed by atoms with Gasteiger partial charge in [-0.05, 0) is 12.1 Å². The zero-order chi connectivity index (χ0) is 10.1.